The van der Waals surface area contributed by atoms with Crippen LogP contribution in [0.25, 0.3) is 0 Å². The molecule has 0 unspecified atom stereocenters. The summed E-state index contributed by atoms with van der Waals surface area (Å²) in [5.74, 6) is 0.874. The number of carbonyl (C=O) groups is 1. The lowest BCUT2D eigenvalue weighted by Crippen LogP contribution is -2.51. The van der Waals surface area contributed by atoms with E-state index in [0.717, 1.165) is 18.8 Å². The van der Waals surface area contributed by atoms with E-state index in [1.54, 1.807) is 6.20 Å². The van der Waals surface area contributed by atoms with E-state index in [4.69, 9.17) is 4.74 Å². The monoisotopic (exact) mass is 342 g/mol. The minimum Gasteiger partial charge on any atom is -0.372 e. The molecule has 3 rings (SSSR count). The van der Waals surface area contributed by atoms with Crippen molar-refractivity contribution in [3.05, 3.63) is 54.1 Å². The highest BCUT2D eigenvalue weighted by Crippen LogP contribution is 2.11. The van der Waals surface area contributed by atoms with Crippen molar-refractivity contribution < 1.29 is 9.53 Å². The zero-order valence-electron chi connectivity index (χ0n) is 14.9. The van der Waals surface area contributed by atoms with Crippen molar-refractivity contribution in [3.8, 4) is 0 Å². The van der Waals surface area contributed by atoms with Crippen LogP contribution in [0.4, 0.5) is 4.79 Å². The number of nitrogens with zero attached hydrogens (tertiary/aromatic N) is 3. The van der Waals surface area contributed by atoms with Gasteiger partial charge in [-0.1, -0.05) is 30.3 Å². The van der Waals surface area contributed by atoms with E-state index in [9.17, 15) is 4.79 Å². The SMILES string of the molecule is C[C@@H]1CN(C(=O)NCc2nccn2CCc2ccccc2)C[C@@H](C)O1. The number of imidazole rings is 1. The van der Waals surface area contributed by atoms with Crippen LogP contribution in [0.15, 0.2) is 42.7 Å². The smallest absolute Gasteiger partial charge is 0.317 e. The second-order valence-electron chi connectivity index (χ2n) is 6.59. The summed E-state index contributed by atoms with van der Waals surface area (Å²) in [4.78, 5) is 18.6. The Hall–Kier alpha value is -2.34. The molecule has 0 radical (unpaired) electrons. The maximum Gasteiger partial charge on any atom is 0.317 e. The molecule has 2 atom stereocenters. The predicted octanol–water partition coefficient (Wildman–Crippen LogP) is 2.44. The summed E-state index contributed by atoms with van der Waals surface area (Å²) in [6.07, 6.45) is 4.83. The van der Waals surface area contributed by atoms with Crippen LogP contribution in [-0.4, -0.2) is 45.8 Å². The van der Waals surface area contributed by atoms with E-state index in [1.807, 2.05) is 31.0 Å². The average molecular weight is 342 g/mol. The minimum atomic E-state index is -0.0559. The maximum absolute atomic E-state index is 12.4. The topological polar surface area (TPSA) is 59.4 Å². The molecule has 0 spiro atoms. The molecule has 0 bridgehead atoms. The van der Waals surface area contributed by atoms with E-state index in [0.29, 0.717) is 19.6 Å². The molecule has 2 heterocycles. The van der Waals surface area contributed by atoms with Gasteiger partial charge in [0.1, 0.15) is 5.82 Å². The first-order valence-electron chi connectivity index (χ1n) is 8.84. The standard InChI is InChI=1S/C19H26N4O2/c1-15-13-23(14-16(2)25-15)19(24)21-12-18-20-9-11-22(18)10-8-17-6-4-3-5-7-17/h3-7,9,11,15-16H,8,10,12-14H2,1-2H3,(H,21,24)/t15-,16-/m1/s1. The molecular formula is C19H26N4O2. The van der Waals surface area contributed by atoms with Gasteiger partial charge in [0.2, 0.25) is 0 Å². The highest BCUT2D eigenvalue weighted by atomic mass is 16.5. The number of ether oxygens (including phenoxy) is 1. The van der Waals surface area contributed by atoms with E-state index in [2.05, 4.69) is 39.1 Å². The normalized spacial score (nSPS) is 20.5. The molecule has 25 heavy (non-hydrogen) atoms. The Morgan fingerprint density at radius 1 is 1.24 bits per heavy atom. The largest absolute Gasteiger partial charge is 0.372 e. The van der Waals surface area contributed by atoms with Gasteiger partial charge in [-0.25, -0.2) is 9.78 Å². The number of aromatic nitrogens is 2. The van der Waals surface area contributed by atoms with Crippen molar-refractivity contribution in [2.75, 3.05) is 13.1 Å². The van der Waals surface area contributed by atoms with Gasteiger partial charge in [-0.15, -0.1) is 0 Å². The van der Waals surface area contributed by atoms with Gasteiger partial charge in [0.05, 0.1) is 18.8 Å². The third-order valence-corrected chi connectivity index (χ3v) is 4.39. The number of aryl methyl sites for hydroxylation is 2. The van der Waals surface area contributed by atoms with Gasteiger partial charge in [0, 0.05) is 32.0 Å². The van der Waals surface area contributed by atoms with Crippen LogP contribution in [0, 0.1) is 0 Å². The molecule has 6 heteroatoms. The van der Waals surface area contributed by atoms with Gasteiger partial charge in [-0.2, -0.15) is 0 Å². The zero-order valence-corrected chi connectivity index (χ0v) is 14.9. The number of hydrogen-bond acceptors (Lipinski definition) is 3. The maximum atomic E-state index is 12.4. The molecule has 1 aliphatic heterocycles. The second kappa shape index (κ2) is 8.16. The van der Waals surface area contributed by atoms with Crippen molar-refractivity contribution in [1.82, 2.24) is 19.8 Å². The lowest BCUT2D eigenvalue weighted by atomic mass is 10.1. The molecule has 1 saturated heterocycles. The van der Waals surface area contributed by atoms with E-state index in [-0.39, 0.29) is 18.2 Å². The van der Waals surface area contributed by atoms with Gasteiger partial charge < -0.3 is 19.5 Å². The third kappa shape index (κ3) is 4.82. The summed E-state index contributed by atoms with van der Waals surface area (Å²) in [5.41, 5.74) is 1.29. The van der Waals surface area contributed by atoms with E-state index < -0.39 is 0 Å². The first-order valence-corrected chi connectivity index (χ1v) is 8.84. The minimum absolute atomic E-state index is 0.0559. The number of urea groups is 1. The number of morpholine rings is 1. The van der Waals surface area contributed by atoms with Gasteiger partial charge in [-0.05, 0) is 25.8 Å². The summed E-state index contributed by atoms with van der Waals surface area (Å²) in [5, 5.41) is 2.98. The van der Waals surface area contributed by atoms with Crippen LogP contribution in [0.5, 0.6) is 0 Å². The Bertz CT molecular complexity index is 676. The molecule has 1 N–H and O–H groups in total. The number of hydrogen-bond donors (Lipinski definition) is 1. The number of benzene rings is 1. The Morgan fingerprint density at radius 2 is 1.96 bits per heavy atom. The molecular weight excluding hydrogens is 316 g/mol. The molecule has 0 aliphatic carbocycles. The summed E-state index contributed by atoms with van der Waals surface area (Å²) in [7, 11) is 0. The van der Waals surface area contributed by atoms with E-state index in [1.165, 1.54) is 5.56 Å². The molecule has 0 saturated carbocycles. The Kier molecular flexibility index (Phi) is 5.71. The van der Waals surface area contributed by atoms with Crippen LogP contribution in [0.1, 0.15) is 25.2 Å². The van der Waals surface area contributed by atoms with Crippen LogP contribution in [0.2, 0.25) is 0 Å². The van der Waals surface area contributed by atoms with Crippen LogP contribution in [-0.2, 0) is 24.2 Å². The number of carbonyl (C=O) groups excluding carboxylic acids is 1. The number of rotatable bonds is 5. The molecule has 1 aromatic carbocycles. The van der Waals surface area contributed by atoms with Crippen molar-refractivity contribution >= 4 is 6.03 Å². The predicted molar refractivity (Wildman–Crippen MR) is 96.2 cm³/mol. The molecule has 6 nitrogen and oxygen atoms in total. The van der Waals surface area contributed by atoms with Crippen molar-refractivity contribution in [1.29, 1.82) is 0 Å². The van der Waals surface area contributed by atoms with Crippen LogP contribution in [0.3, 0.4) is 0 Å². The zero-order chi connectivity index (χ0) is 17.6. The number of nitrogens with one attached hydrogen (secondary N) is 1. The summed E-state index contributed by atoms with van der Waals surface area (Å²) in [6.45, 7) is 6.51. The fraction of sp³-hybridized carbons (Fsp3) is 0.474. The van der Waals surface area contributed by atoms with Crippen molar-refractivity contribution in [2.45, 2.75) is 45.6 Å². The molecule has 1 aromatic heterocycles. The first-order chi connectivity index (χ1) is 12.1. The van der Waals surface area contributed by atoms with Gasteiger partial charge >= 0.3 is 6.03 Å². The fourth-order valence-electron chi connectivity index (χ4n) is 3.22. The quantitative estimate of drug-likeness (QED) is 0.908. The number of amides is 2. The van der Waals surface area contributed by atoms with Crippen LogP contribution >= 0.6 is 0 Å². The molecule has 2 amide bonds. The van der Waals surface area contributed by atoms with Gasteiger partial charge in [0.25, 0.3) is 0 Å². The Morgan fingerprint density at radius 3 is 2.68 bits per heavy atom. The Labute approximate surface area is 148 Å². The fourth-order valence-corrected chi connectivity index (χ4v) is 3.22. The Balaban J connectivity index is 1.52. The van der Waals surface area contributed by atoms with Crippen LogP contribution < -0.4 is 5.32 Å². The summed E-state index contributed by atoms with van der Waals surface area (Å²) >= 11 is 0. The van der Waals surface area contributed by atoms with Crippen molar-refractivity contribution in [3.63, 3.8) is 0 Å². The molecule has 1 aliphatic rings. The lowest BCUT2D eigenvalue weighted by molar-refractivity contribution is -0.0545. The highest BCUT2D eigenvalue weighted by molar-refractivity contribution is 5.74. The second-order valence-corrected chi connectivity index (χ2v) is 6.59. The van der Waals surface area contributed by atoms with E-state index >= 15 is 0 Å². The summed E-state index contributed by atoms with van der Waals surface area (Å²) < 4.78 is 7.77. The molecule has 134 valence electrons. The summed E-state index contributed by atoms with van der Waals surface area (Å²) in [6, 6.07) is 10.3. The highest BCUT2D eigenvalue weighted by Gasteiger charge is 2.25. The third-order valence-electron chi connectivity index (χ3n) is 4.39. The van der Waals surface area contributed by atoms with Crippen molar-refractivity contribution in [2.24, 2.45) is 0 Å². The molecule has 1 fully saturated rings. The first kappa shape index (κ1) is 17.5. The average Bonchev–Trinajstić information content (AvgIpc) is 3.05. The van der Waals surface area contributed by atoms with Gasteiger partial charge in [0.15, 0.2) is 0 Å². The van der Waals surface area contributed by atoms with Gasteiger partial charge in [-0.3, -0.25) is 0 Å². The lowest BCUT2D eigenvalue weighted by Gasteiger charge is -2.35. The molecule has 2 aromatic rings.